The van der Waals surface area contributed by atoms with E-state index < -0.39 is 0 Å². The molecule has 1 aromatic heterocycles. The fraction of sp³-hybridized carbons (Fsp3) is 0.250. The average molecular weight is 287 g/mol. The maximum absolute atomic E-state index is 13.1. The van der Waals surface area contributed by atoms with Crippen LogP contribution in [0, 0.1) is 5.82 Å². The Hall–Kier alpha value is -2.43. The van der Waals surface area contributed by atoms with E-state index in [0.29, 0.717) is 25.2 Å². The fourth-order valence-electron chi connectivity index (χ4n) is 1.96. The molecule has 0 spiro atoms. The first-order valence-corrected chi connectivity index (χ1v) is 6.91. The van der Waals surface area contributed by atoms with Gasteiger partial charge in [-0.25, -0.2) is 4.39 Å². The van der Waals surface area contributed by atoms with Crippen molar-refractivity contribution in [3.8, 4) is 0 Å². The number of pyridine rings is 1. The van der Waals surface area contributed by atoms with Gasteiger partial charge in [0.2, 0.25) is 0 Å². The third-order valence-corrected chi connectivity index (χ3v) is 2.96. The van der Waals surface area contributed by atoms with Gasteiger partial charge in [0.1, 0.15) is 11.5 Å². The van der Waals surface area contributed by atoms with Crippen LogP contribution in [-0.2, 0) is 6.42 Å². The van der Waals surface area contributed by atoms with Gasteiger partial charge in [0.15, 0.2) is 0 Å². The first-order chi connectivity index (χ1) is 10.2. The molecule has 1 aromatic carbocycles. The van der Waals surface area contributed by atoms with Crippen molar-refractivity contribution in [1.29, 1.82) is 0 Å². The largest absolute Gasteiger partial charge is 0.385 e. The second kappa shape index (κ2) is 7.38. The Bertz CT molecular complexity index is 616. The molecule has 5 heteroatoms. The molecule has 21 heavy (non-hydrogen) atoms. The zero-order valence-corrected chi connectivity index (χ0v) is 11.9. The second-order valence-electron chi connectivity index (χ2n) is 4.60. The Morgan fingerprint density at radius 3 is 2.90 bits per heavy atom. The standard InChI is InChI=1S/C16H18FN3O/c1-2-18-16(21)15-11-14(7-9-20-15)19-8-6-12-4-3-5-13(17)10-12/h3-5,7,9-11H,2,6,8H2,1H3,(H,18,21)(H,19,20). The average Bonchev–Trinajstić information content (AvgIpc) is 2.48. The lowest BCUT2D eigenvalue weighted by Gasteiger charge is -2.08. The third-order valence-electron chi connectivity index (χ3n) is 2.96. The van der Waals surface area contributed by atoms with Gasteiger partial charge in [-0.3, -0.25) is 9.78 Å². The van der Waals surface area contributed by atoms with Gasteiger partial charge < -0.3 is 10.6 Å². The Morgan fingerprint density at radius 1 is 1.29 bits per heavy atom. The number of carbonyl (C=O) groups excluding carboxylic acids is 1. The van der Waals surface area contributed by atoms with Crippen LogP contribution in [0.1, 0.15) is 23.0 Å². The normalized spacial score (nSPS) is 10.2. The van der Waals surface area contributed by atoms with Crippen LogP contribution in [0.3, 0.4) is 0 Å². The molecule has 0 saturated carbocycles. The molecule has 0 aliphatic carbocycles. The number of hydrogen-bond donors (Lipinski definition) is 2. The maximum Gasteiger partial charge on any atom is 0.269 e. The number of hydrogen-bond acceptors (Lipinski definition) is 3. The smallest absolute Gasteiger partial charge is 0.269 e. The monoisotopic (exact) mass is 287 g/mol. The number of amides is 1. The molecule has 1 amide bonds. The van der Waals surface area contributed by atoms with Crippen molar-refractivity contribution in [2.24, 2.45) is 0 Å². The molecule has 2 aromatic rings. The van der Waals surface area contributed by atoms with Crippen molar-refractivity contribution in [3.05, 3.63) is 59.7 Å². The lowest BCUT2D eigenvalue weighted by Crippen LogP contribution is -2.23. The van der Waals surface area contributed by atoms with Gasteiger partial charge in [-0.05, 0) is 43.2 Å². The van der Waals surface area contributed by atoms with Crippen LogP contribution < -0.4 is 10.6 Å². The lowest BCUT2D eigenvalue weighted by molar-refractivity contribution is 0.0951. The molecule has 0 radical (unpaired) electrons. The molecule has 0 fully saturated rings. The summed E-state index contributed by atoms with van der Waals surface area (Å²) in [4.78, 5) is 15.7. The number of aromatic nitrogens is 1. The second-order valence-corrected chi connectivity index (χ2v) is 4.60. The molecule has 2 rings (SSSR count). The van der Waals surface area contributed by atoms with E-state index in [1.807, 2.05) is 13.0 Å². The van der Waals surface area contributed by atoms with Gasteiger partial charge in [-0.15, -0.1) is 0 Å². The van der Waals surface area contributed by atoms with Crippen molar-refractivity contribution < 1.29 is 9.18 Å². The molecular weight excluding hydrogens is 269 g/mol. The molecule has 0 aliphatic rings. The Kier molecular flexibility index (Phi) is 5.26. The Balaban J connectivity index is 1.91. The molecule has 4 nitrogen and oxygen atoms in total. The van der Waals surface area contributed by atoms with Crippen LogP contribution in [-0.4, -0.2) is 24.0 Å². The number of benzene rings is 1. The SMILES string of the molecule is CCNC(=O)c1cc(NCCc2cccc(F)c2)ccn1. The molecule has 110 valence electrons. The van der Waals surface area contributed by atoms with Crippen molar-refractivity contribution in [1.82, 2.24) is 10.3 Å². The maximum atomic E-state index is 13.1. The quantitative estimate of drug-likeness (QED) is 0.858. The molecular formula is C16H18FN3O. The van der Waals surface area contributed by atoms with E-state index >= 15 is 0 Å². The fourth-order valence-corrected chi connectivity index (χ4v) is 1.96. The van der Waals surface area contributed by atoms with E-state index in [9.17, 15) is 9.18 Å². The summed E-state index contributed by atoms with van der Waals surface area (Å²) in [6.45, 7) is 3.08. The van der Waals surface area contributed by atoms with Crippen molar-refractivity contribution in [3.63, 3.8) is 0 Å². The van der Waals surface area contributed by atoms with Gasteiger partial charge in [-0.1, -0.05) is 12.1 Å². The molecule has 0 aliphatic heterocycles. The number of rotatable bonds is 6. The van der Waals surface area contributed by atoms with Crippen LogP contribution in [0.4, 0.5) is 10.1 Å². The highest BCUT2D eigenvalue weighted by atomic mass is 19.1. The molecule has 0 bridgehead atoms. The first-order valence-electron chi connectivity index (χ1n) is 6.91. The zero-order valence-electron chi connectivity index (χ0n) is 11.9. The number of nitrogens with one attached hydrogen (secondary N) is 2. The first kappa shape index (κ1) is 15.0. The number of nitrogens with zero attached hydrogens (tertiary/aromatic N) is 1. The highest BCUT2D eigenvalue weighted by molar-refractivity contribution is 5.93. The van der Waals surface area contributed by atoms with Gasteiger partial charge in [0.05, 0.1) is 0 Å². The van der Waals surface area contributed by atoms with Gasteiger partial charge in [0.25, 0.3) is 5.91 Å². The van der Waals surface area contributed by atoms with E-state index in [1.54, 1.807) is 24.4 Å². The minimum atomic E-state index is -0.227. The topological polar surface area (TPSA) is 54.0 Å². The summed E-state index contributed by atoms with van der Waals surface area (Å²) < 4.78 is 13.1. The predicted molar refractivity (Wildman–Crippen MR) is 80.8 cm³/mol. The van der Waals surface area contributed by atoms with Crippen LogP contribution in [0.2, 0.25) is 0 Å². The van der Waals surface area contributed by atoms with Crippen LogP contribution >= 0.6 is 0 Å². The van der Waals surface area contributed by atoms with E-state index in [1.165, 1.54) is 12.1 Å². The third kappa shape index (κ3) is 4.56. The molecule has 0 unspecified atom stereocenters. The van der Waals surface area contributed by atoms with Gasteiger partial charge in [-0.2, -0.15) is 0 Å². The van der Waals surface area contributed by atoms with E-state index in [2.05, 4.69) is 15.6 Å². The predicted octanol–water partition coefficient (Wildman–Crippen LogP) is 2.63. The van der Waals surface area contributed by atoms with Crippen molar-refractivity contribution in [2.75, 3.05) is 18.4 Å². The van der Waals surface area contributed by atoms with Crippen LogP contribution in [0.5, 0.6) is 0 Å². The summed E-state index contributed by atoms with van der Waals surface area (Å²) in [5.74, 6) is -0.416. The molecule has 2 N–H and O–H groups in total. The summed E-state index contributed by atoms with van der Waals surface area (Å²) >= 11 is 0. The molecule has 1 heterocycles. The van der Waals surface area contributed by atoms with E-state index in [0.717, 1.165) is 11.3 Å². The Labute approximate surface area is 123 Å². The van der Waals surface area contributed by atoms with E-state index in [-0.39, 0.29) is 11.7 Å². The van der Waals surface area contributed by atoms with E-state index in [4.69, 9.17) is 0 Å². The minimum Gasteiger partial charge on any atom is -0.385 e. The van der Waals surface area contributed by atoms with Crippen LogP contribution in [0.25, 0.3) is 0 Å². The Morgan fingerprint density at radius 2 is 2.14 bits per heavy atom. The lowest BCUT2D eigenvalue weighted by atomic mass is 10.1. The summed E-state index contributed by atoms with van der Waals surface area (Å²) in [6, 6.07) is 10.0. The molecule has 0 atom stereocenters. The number of carbonyl (C=O) groups is 1. The number of anilines is 1. The van der Waals surface area contributed by atoms with Gasteiger partial charge in [0, 0.05) is 25.0 Å². The molecule has 0 saturated heterocycles. The summed E-state index contributed by atoms with van der Waals surface area (Å²) in [6.07, 6.45) is 2.30. The summed E-state index contributed by atoms with van der Waals surface area (Å²) in [7, 11) is 0. The zero-order chi connectivity index (χ0) is 15.1. The summed E-state index contributed by atoms with van der Waals surface area (Å²) in [5.41, 5.74) is 2.13. The number of halogens is 1. The van der Waals surface area contributed by atoms with Crippen molar-refractivity contribution in [2.45, 2.75) is 13.3 Å². The highest BCUT2D eigenvalue weighted by Gasteiger charge is 2.06. The minimum absolute atomic E-state index is 0.189. The van der Waals surface area contributed by atoms with Gasteiger partial charge >= 0.3 is 0 Å². The summed E-state index contributed by atoms with van der Waals surface area (Å²) in [5, 5.41) is 5.91. The highest BCUT2D eigenvalue weighted by Crippen LogP contribution is 2.09. The van der Waals surface area contributed by atoms with Crippen LogP contribution in [0.15, 0.2) is 42.6 Å². The van der Waals surface area contributed by atoms with Crippen molar-refractivity contribution >= 4 is 11.6 Å².